The summed E-state index contributed by atoms with van der Waals surface area (Å²) >= 11 is 0. The molecule has 2 atom stereocenters. The molecule has 0 bridgehead atoms. The fourth-order valence-electron chi connectivity index (χ4n) is 2.55. The Morgan fingerprint density at radius 2 is 2.25 bits per heavy atom. The van der Waals surface area contributed by atoms with Gasteiger partial charge in [-0.05, 0) is 31.9 Å². The van der Waals surface area contributed by atoms with Gasteiger partial charge in [-0.1, -0.05) is 6.07 Å². The Labute approximate surface area is 142 Å². The second-order valence-electron chi connectivity index (χ2n) is 5.80. The topological polar surface area (TPSA) is 88.7 Å². The summed E-state index contributed by atoms with van der Waals surface area (Å²) in [5, 5.41) is 8.32. The van der Waals surface area contributed by atoms with E-state index in [9.17, 15) is 9.59 Å². The lowest BCUT2D eigenvalue weighted by Gasteiger charge is -2.20. The van der Waals surface area contributed by atoms with Crippen LogP contribution >= 0.6 is 0 Å². The van der Waals surface area contributed by atoms with Crippen LogP contribution in [-0.2, 0) is 9.53 Å². The van der Waals surface area contributed by atoms with Crippen molar-refractivity contribution < 1.29 is 19.1 Å². The van der Waals surface area contributed by atoms with E-state index in [4.69, 9.17) is 9.47 Å². The van der Waals surface area contributed by atoms with Gasteiger partial charge in [0.25, 0.3) is 0 Å². The molecular formula is C17H25N3O4. The summed E-state index contributed by atoms with van der Waals surface area (Å²) in [4.78, 5) is 22.8. The number of hydrogen-bond acceptors (Lipinski definition) is 4. The number of hydrogen-bond donors (Lipinski definition) is 3. The van der Waals surface area contributed by atoms with Gasteiger partial charge in [0, 0.05) is 25.3 Å². The van der Waals surface area contributed by atoms with Crippen LogP contribution in [0.1, 0.15) is 26.7 Å². The van der Waals surface area contributed by atoms with Crippen molar-refractivity contribution in [1.82, 2.24) is 10.6 Å². The molecule has 1 aromatic rings. The van der Waals surface area contributed by atoms with Gasteiger partial charge in [0.1, 0.15) is 12.4 Å². The lowest BCUT2D eigenvalue weighted by molar-refractivity contribution is -0.114. The number of amides is 3. The van der Waals surface area contributed by atoms with E-state index >= 15 is 0 Å². The molecule has 1 aromatic carbocycles. The highest BCUT2D eigenvalue weighted by Gasteiger charge is 2.23. The van der Waals surface area contributed by atoms with Gasteiger partial charge >= 0.3 is 6.03 Å². The third-order valence-corrected chi connectivity index (χ3v) is 3.69. The molecule has 7 nitrogen and oxygen atoms in total. The minimum absolute atomic E-state index is 0.0113. The summed E-state index contributed by atoms with van der Waals surface area (Å²) < 4.78 is 11.1. The molecule has 1 aliphatic heterocycles. The minimum atomic E-state index is -0.228. The van der Waals surface area contributed by atoms with E-state index in [0.29, 0.717) is 24.6 Å². The molecule has 0 aliphatic carbocycles. The zero-order valence-corrected chi connectivity index (χ0v) is 14.1. The van der Waals surface area contributed by atoms with Crippen molar-refractivity contribution in [1.29, 1.82) is 0 Å². The highest BCUT2D eigenvalue weighted by molar-refractivity contribution is 5.88. The van der Waals surface area contributed by atoms with Gasteiger partial charge < -0.3 is 25.4 Å². The van der Waals surface area contributed by atoms with Gasteiger partial charge in [0.05, 0.1) is 18.7 Å². The molecule has 0 aromatic heterocycles. The molecule has 24 heavy (non-hydrogen) atoms. The lowest BCUT2D eigenvalue weighted by atomic mass is 10.1. The number of benzene rings is 1. The second-order valence-corrected chi connectivity index (χ2v) is 5.80. The molecule has 1 saturated heterocycles. The van der Waals surface area contributed by atoms with Crippen LogP contribution in [0.5, 0.6) is 5.75 Å². The molecule has 7 heteroatoms. The van der Waals surface area contributed by atoms with Crippen molar-refractivity contribution in [3.05, 3.63) is 24.3 Å². The van der Waals surface area contributed by atoms with Gasteiger partial charge in [0.15, 0.2) is 0 Å². The van der Waals surface area contributed by atoms with Gasteiger partial charge in [0.2, 0.25) is 5.91 Å². The predicted molar refractivity (Wildman–Crippen MR) is 91.2 cm³/mol. The van der Waals surface area contributed by atoms with E-state index in [1.165, 1.54) is 6.92 Å². The van der Waals surface area contributed by atoms with Crippen LogP contribution in [0.2, 0.25) is 0 Å². The van der Waals surface area contributed by atoms with Crippen LogP contribution < -0.4 is 20.7 Å². The molecule has 0 spiro atoms. The van der Waals surface area contributed by atoms with E-state index in [1.54, 1.807) is 24.3 Å². The summed E-state index contributed by atoms with van der Waals surface area (Å²) in [5.41, 5.74) is 0.677. The number of rotatable bonds is 7. The van der Waals surface area contributed by atoms with Crippen molar-refractivity contribution >= 4 is 17.6 Å². The Balaban J connectivity index is 1.65. The van der Waals surface area contributed by atoms with Gasteiger partial charge in [-0.3, -0.25) is 4.79 Å². The van der Waals surface area contributed by atoms with Crippen molar-refractivity contribution in [2.45, 2.75) is 38.8 Å². The highest BCUT2D eigenvalue weighted by atomic mass is 16.5. The summed E-state index contributed by atoms with van der Waals surface area (Å²) in [6.07, 6.45) is 2.13. The van der Waals surface area contributed by atoms with Gasteiger partial charge in [-0.25, -0.2) is 4.79 Å². The third kappa shape index (κ3) is 6.08. The normalized spacial score (nSPS) is 17.8. The van der Waals surface area contributed by atoms with Gasteiger partial charge in [-0.2, -0.15) is 0 Å². The van der Waals surface area contributed by atoms with Crippen LogP contribution in [-0.4, -0.2) is 43.8 Å². The summed E-state index contributed by atoms with van der Waals surface area (Å²) in [6, 6.07) is 6.87. The summed E-state index contributed by atoms with van der Waals surface area (Å²) in [6.45, 7) is 4.89. The van der Waals surface area contributed by atoms with Crippen molar-refractivity contribution in [3.8, 4) is 5.75 Å². The SMILES string of the molecule is CC(=O)Nc1cccc(OCCNC(=O)N[C@@H](C)[C@@H]2CCCO2)c1. The Morgan fingerprint density at radius 3 is 2.96 bits per heavy atom. The molecule has 1 heterocycles. The minimum Gasteiger partial charge on any atom is -0.492 e. The maximum Gasteiger partial charge on any atom is 0.315 e. The summed E-state index contributed by atoms with van der Waals surface area (Å²) in [7, 11) is 0. The van der Waals surface area contributed by atoms with Crippen LogP contribution in [0.25, 0.3) is 0 Å². The van der Waals surface area contributed by atoms with E-state index in [1.807, 2.05) is 6.92 Å². The fourth-order valence-corrected chi connectivity index (χ4v) is 2.55. The zero-order chi connectivity index (χ0) is 17.4. The van der Waals surface area contributed by atoms with E-state index in [-0.39, 0.29) is 24.1 Å². The summed E-state index contributed by atoms with van der Waals surface area (Å²) in [5.74, 6) is 0.502. The first-order valence-electron chi connectivity index (χ1n) is 8.21. The highest BCUT2D eigenvalue weighted by Crippen LogP contribution is 2.17. The Kier molecular flexibility index (Phi) is 6.87. The van der Waals surface area contributed by atoms with Gasteiger partial charge in [-0.15, -0.1) is 0 Å². The first-order valence-corrected chi connectivity index (χ1v) is 8.21. The standard InChI is InChI=1S/C17H25N3O4/c1-12(16-7-4-9-24-16)19-17(22)18-8-10-23-15-6-3-5-14(11-15)20-13(2)21/h3,5-6,11-12,16H,4,7-10H2,1-2H3,(H,20,21)(H2,18,19,22)/t12-,16-/m0/s1. The number of anilines is 1. The third-order valence-electron chi connectivity index (χ3n) is 3.69. The van der Waals surface area contributed by atoms with Crippen molar-refractivity contribution in [3.63, 3.8) is 0 Å². The van der Waals surface area contributed by atoms with Crippen LogP contribution in [0.4, 0.5) is 10.5 Å². The molecule has 132 valence electrons. The quantitative estimate of drug-likeness (QED) is 0.664. The molecule has 0 radical (unpaired) electrons. The van der Waals surface area contributed by atoms with E-state index in [2.05, 4.69) is 16.0 Å². The molecule has 1 aliphatic rings. The molecule has 2 rings (SSSR count). The number of carbonyl (C=O) groups excluding carboxylic acids is 2. The molecule has 3 amide bonds. The fraction of sp³-hybridized carbons (Fsp3) is 0.529. The lowest BCUT2D eigenvalue weighted by Crippen LogP contribution is -2.46. The molecule has 1 fully saturated rings. The van der Waals surface area contributed by atoms with E-state index in [0.717, 1.165) is 19.4 Å². The molecule has 3 N–H and O–H groups in total. The smallest absolute Gasteiger partial charge is 0.315 e. The average molecular weight is 335 g/mol. The Bertz CT molecular complexity index is 559. The number of ether oxygens (including phenoxy) is 2. The van der Waals surface area contributed by atoms with E-state index < -0.39 is 0 Å². The zero-order valence-electron chi connectivity index (χ0n) is 14.1. The Hall–Kier alpha value is -2.28. The largest absolute Gasteiger partial charge is 0.492 e. The number of nitrogens with one attached hydrogen (secondary N) is 3. The first kappa shape index (κ1) is 18.1. The van der Waals surface area contributed by atoms with Crippen LogP contribution in [0.3, 0.4) is 0 Å². The molecule has 0 saturated carbocycles. The monoisotopic (exact) mass is 335 g/mol. The Morgan fingerprint density at radius 1 is 1.42 bits per heavy atom. The molecular weight excluding hydrogens is 310 g/mol. The van der Waals surface area contributed by atoms with Crippen molar-refractivity contribution in [2.24, 2.45) is 0 Å². The molecule has 0 unspecified atom stereocenters. The number of carbonyl (C=O) groups is 2. The second kappa shape index (κ2) is 9.12. The van der Waals surface area contributed by atoms with Crippen molar-refractivity contribution in [2.75, 3.05) is 25.1 Å². The maximum atomic E-state index is 11.8. The predicted octanol–water partition coefficient (Wildman–Crippen LogP) is 1.89. The number of urea groups is 1. The maximum absolute atomic E-state index is 11.8. The van der Waals surface area contributed by atoms with Crippen LogP contribution in [0, 0.1) is 0 Å². The first-order chi connectivity index (χ1) is 11.5. The average Bonchev–Trinajstić information content (AvgIpc) is 3.06. The van der Waals surface area contributed by atoms with Crippen LogP contribution in [0.15, 0.2) is 24.3 Å².